The Balaban J connectivity index is 2.65. The number of nitrogens with one attached hydrogen (secondary N) is 1. The number of hydrogen-bond acceptors (Lipinski definition) is 3. The molecule has 3 heteroatoms. The van der Waals surface area contributed by atoms with Crippen LogP contribution < -0.4 is 5.32 Å². The molecule has 0 amide bonds. The van der Waals surface area contributed by atoms with Gasteiger partial charge in [-0.15, -0.1) is 0 Å². The molecule has 0 radical (unpaired) electrons. The second-order valence-electron chi connectivity index (χ2n) is 3.12. The normalized spacial score (nSPS) is 10.3. The van der Waals surface area contributed by atoms with Crippen LogP contribution in [0.2, 0.25) is 0 Å². The molecule has 2 aromatic rings. The van der Waals surface area contributed by atoms with Crippen molar-refractivity contribution in [2.45, 2.75) is 6.54 Å². The molecule has 0 saturated carbocycles. The molecule has 0 aliphatic carbocycles. The van der Waals surface area contributed by atoms with Crippen LogP contribution >= 0.6 is 0 Å². The molecule has 1 aromatic heterocycles. The molecule has 70 valence electrons. The SMILES string of the molecule is CNCc1cc(C#N)cc2ccoc12. The molecule has 0 unspecified atom stereocenters. The molecular formula is C11H10N2O. The molecule has 0 fully saturated rings. The Kier molecular flexibility index (Phi) is 2.21. The Morgan fingerprint density at radius 3 is 3.07 bits per heavy atom. The predicted molar refractivity (Wildman–Crippen MR) is 53.7 cm³/mol. The van der Waals surface area contributed by atoms with Crippen molar-refractivity contribution in [3.63, 3.8) is 0 Å². The van der Waals surface area contributed by atoms with E-state index in [0.29, 0.717) is 12.1 Å². The Morgan fingerprint density at radius 2 is 2.36 bits per heavy atom. The minimum Gasteiger partial charge on any atom is -0.464 e. The highest BCUT2D eigenvalue weighted by molar-refractivity contribution is 5.82. The van der Waals surface area contributed by atoms with Crippen LogP contribution in [0.3, 0.4) is 0 Å². The first-order valence-corrected chi connectivity index (χ1v) is 4.40. The lowest BCUT2D eigenvalue weighted by molar-refractivity contribution is 0.608. The van der Waals surface area contributed by atoms with E-state index in [1.54, 1.807) is 6.26 Å². The van der Waals surface area contributed by atoms with E-state index in [1.165, 1.54) is 0 Å². The summed E-state index contributed by atoms with van der Waals surface area (Å²) in [5.41, 5.74) is 2.55. The second kappa shape index (κ2) is 3.52. The van der Waals surface area contributed by atoms with Crippen molar-refractivity contribution < 1.29 is 4.42 Å². The molecule has 0 spiro atoms. The smallest absolute Gasteiger partial charge is 0.138 e. The molecule has 0 atom stereocenters. The zero-order valence-electron chi connectivity index (χ0n) is 7.87. The maximum absolute atomic E-state index is 8.83. The van der Waals surface area contributed by atoms with Gasteiger partial charge in [0.25, 0.3) is 0 Å². The highest BCUT2D eigenvalue weighted by Crippen LogP contribution is 2.21. The fourth-order valence-corrected chi connectivity index (χ4v) is 1.54. The van der Waals surface area contributed by atoms with E-state index in [2.05, 4.69) is 11.4 Å². The van der Waals surface area contributed by atoms with Crippen LogP contribution in [0.4, 0.5) is 0 Å². The van der Waals surface area contributed by atoms with E-state index in [9.17, 15) is 0 Å². The van der Waals surface area contributed by atoms with Gasteiger partial charge in [-0.3, -0.25) is 0 Å². The average Bonchev–Trinajstić information content (AvgIpc) is 2.66. The highest BCUT2D eigenvalue weighted by atomic mass is 16.3. The van der Waals surface area contributed by atoms with E-state index in [1.807, 2.05) is 25.2 Å². The third-order valence-electron chi connectivity index (χ3n) is 2.12. The molecule has 1 aromatic carbocycles. The lowest BCUT2D eigenvalue weighted by Crippen LogP contribution is -2.05. The van der Waals surface area contributed by atoms with Crippen molar-refractivity contribution in [3.05, 3.63) is 35.6 Å². The van der Waals surface area contributed by atoms with Gasteiger partial charge in [0.1, 0.15) is 5.58 Å². The number of nitriles is 1. The third-order valence-corrected chi connectivity index (χ3v) is 2.12. The number of furan rings is 1. The molecule has 0 aliphatic rings. The summed E-state index contributed by atoms with van der Waals surface area (Å²) < 4.78 is 5.35. The van der Waals surface area contributed by atoms with Crippen LogP contribution in [0, 0.1) is 11.3 Å². The molecule has 0 aliphatic heterocycles. The van der Waals surface area contributed by atoms with Crippen molar-refractivity contribution in [2.24, 2.45) is 0 Å². The van der Waals surface area contributed by atoms with E-state index in [0.717, 1.165) is 16.5 Å². The van der Waals surface area contributed by atoms with E-state index in [-0.39, 0.29) is 0 Å². The van der Waals surface area contributed by atoms with Gasteiger partial charge in [-0.2, -0.15) is 5.26 Å². The average molecular weight is 186 g/mol. The number of fused-ring (bicyclic) bond motifs is 1. The van der Waals surface area contributed by atoms with E-state index >= 15 is 0 Å². The standard InChI is InChI=1S/C11H10N2O/c1-13-7-10-5-8(6-12)4-9-2-3-14-11(9)10/h2-5,13H,7H2,1H3. The summed E-state index contributed by atoms with van der Waals surface area (Å²) >= 11 is 0. The number of nitrogens with zero attached hydrogens (tertiary/aromatic N) is 1. The Morgan fingerprint density at radius 1 is 1.50 bits per heavy atom. The topological polar surface area (TPSA) is 49.0 Å². The van der Waals surface area contributed by atoms with Gasteiger partial charge in [0.05, 0.1) is 17.9 Å². The van der Waals surface area contributed by atoms with Crippen molar-refractivity contribution in [1.82, 2.24) is 5.32 Å². The van der Waals surface area contributed by atoms with Crippen molar-refractivity contribution in [2.75, 3.05) is 7.05 Å². The van der Waals surface area contributed by atoms with Crippen molar-refractivity contribution in [1.29, 1.82) is 5.26 Å². The lowest BCUT2D eigenvalue weighted by Gasteiger charge is -2.01. The first-order valence-electron chi connectivity index (χ1n) is 4.40. The third kappa shape index (κ3) is 1.36. The Hall–Kier alpha value is -1.79. The number of rotatable bonds is 2. The summed E-state index contributed by atoms with van der Waals surface area (Å²) in [6.07, 6.45) is 1.64. The molecular weight excluding hydrogens is 176 g/mol. The number of hydrogen-bond donors (Lipinski definition) is 1. The first-order chi connectivity index (χ1) is 6.85. The summed E-state index contributed by atoms with van der Waals surface area (Å²) in [5, 5.41) is 12.9. The fourth-order valence-electron chi connectivity index (χ4n) is 1.54. The van der Waals surface area contributed by atoms with Gasteiger partial charge >= 0.3 is 0 Å². The van der Waals surface area contributed by atoms with E-state index in [4.69, 9.17) is 9.68 Å². The molecule has 0 saturated heterocycles. The summed E-state index contributed by atoms with van der Waals surface area (Å²) in [5.74, 6) is 0. The van der Waals surface area contributed by atoms with Crippen molar-refractivity contribution >= 4 is 11.0 Å². The van der Waals surface area contributed by atoms with Crippen LogP contribution in [-0.2, 0) is 6.54 Å². The van der Waals surface area contributed by atoms with Gasteiger partial charge < -0.3 is 9.73 Å². The fraction of sp³-hybridized carbons (Fsp3) is 0.182. The van der Waals surface area contributed by atoms with Crippen LogP contribution in [-0.4, -0.2) is 7.05 Å². The highest BCUT2D eigenvalue weighted by Gasteiger charge is 2.05. The quantitative estimate of drug-likeness (QED) is 0.780. The van der Waals surface area contributed by atoms with Crippen LogP contribution in [0.5, 0.6) is 0 Å². The van der Waals surface area contributed by atoms with Gasteiger partial charge in [-0.1, -0.05) is 0 Å². The summed E-state index contributed by atoms with van der Waals surface area (Å²) in [6.45, 7) is 0.708. The van der Waals surface area contributed by atoms with Crippen LogP contribution in [0.1, 0.15) is 11.1 Å². The second-order valence-corrected chi connectivity index (χ2v) is 3.12. The van der Waals surface area contributed by atoms with Gasteiger partial charge in [-0.05, 0) is 25.2 Å². The Bertz CT molecular complexity index is 493. The largest absolute Gasteiger partial charge is 0.464 e. The Labute approximate surface area is 81.9 Å². The summed E-state index contributed by atoms with van der Waals surface area (Å²) in [6, 6.07) is 7.69. The minimum atomic E-state index is 0.671. The van der Waals surface area contributed by atoms with Crippen LogP contribution in [0.15, 0.2) is 28.9 Å². The minimum absolute atomic E-state index is 0.671. The first kappa shape index (κ1) is 8.79. The van der Waals surface area contributed by atoms with E-state index < -0.39 is 0 Å². The molecule has 1 heterocycles. The summed E-state index contributed by atoms with van der Waals surface area (Å²) in [4.78, 5) is 0. The predicted octanol–water partition coefficient (Wildman–Crippen LogP) is 2.02. The maximum Gasteiger partial charge on any atom is 0.138 e. The van der Waals surface area contributed by atoms with Crippen molar-refractivity contribution in [3.8, 4) is 6.07 Å². The molecule has 14 heavy (non-hydrogen) atoms. The monoisotopic (exact) mass is 186 g/mol. The van der Waals surface area contributed by atoms with Gasteiger partial charge in [0, 0.05) is 17.5 Å². The number of benzene rings is 1. The van der Waals surface area contributed by atoms with Crippen LogP contribution in [0.25, 0.3) is 11.0 Å². The zero-order chi connectivity index (χ0) is 9.97. The zero-order valence-corrected chi connectivity index (χ0v) is 7.87. The molecule has 0 bridgehead atoms. The van der Waals surface area contributed by atoms with Gasteiger partial charge in [0.2, 0.25) is 0 Å². The van der Waals surface area contributed by atoms with Gasteiger partial charge in [-0.25, -0.2) is 0 Å². The molecule has 1 N–H and O–H groups in total. The maximum atomic E-state index is 8.83. The van der Waals surface area contributed by atoms with Gasteiger partial charge in [0.15, 0.2) is 0 Å². The molecule has 2 rings (SSSR count). The summed E-state index contributed by atoms with van der Waals surface area (Å²) in [7, 11) is 1.87. The lowest BCUT2D eigenvalue weighted by atomic mass is 10.1. The molecule has 3 nitrogen and oxygen atoms in total.